The first-order chi connectivity index (χ1) is 14.2. The van der Waals surface area contributed by atoms with Crippen LogP contribution >= 0.6 is 35.7 Å². The Hall–Kier alpha value is 0.380. The molecule has 0 amide bonds. The largest absolute Gasteiger partial charge is 0.390 e. The molecule has 1 atom stereocenters. The summed E-state index contributed by atoms with van der Waals surface area (Å²) in [6, 6.07) is 0. The average Bonchev–Trinajstić information content (AvgIpc) is 3.11. The Morgan fingerprint density at radius 2 is 1.23 bits per heavy atom. The second-order valence-corrected chi connectivity index (χ2v) is 10.1. The summed E-state index contributed by atoms with van der Waals surface area (Å²) in [6.45, 7) is 3.95. The molecule has 0 spiro atoms. The van der Waals surface area contributed by atoms with E-state index in [0.717, 1.165) is 19.0 Å². The van der Waals surface area contributed by atoms with E-state index in [4.69, 9.17) is 0 Å². The van der Waals surface area contributed by atoms with Gasteiger partial charge in [0, 0.05) is 31.7 Å². The number of unbranched alkanes of at least 4 members (excludes halogenated alkanes) is 15. The minimum atomic E-state index is -0.211. The molecule has 0 aromatic carbocycles. The summed E-state index contributed by atoms with van der Waals surface area (Å²) in [5.41, 5.74) is 0. The highest BCUT2D eigenvalue weighted by Crippen LogP contribution is 2.15. The van der Waals surface area contributed by atoms with Crippen LogP contribution < -0.4 is 0 Å². The molecule has 3 nitrogen and oxygen atoms in total. The van der Waals surface area contributed by atoms with Gasteiger partial charge >= 0.3 is 0 Å². The normalized spacial score (nSPS) is 14.4. The van der Waals surface area contributed by atoms with Crippen LogP contribution in [0, 0.1) is 0 Å². The molecule has 1 aliphatic heterocycles. The van der Waals surface area contributed by atoms with E-state index in [0.29, 0.717) is 0 Å². The fraction of sp³-hybridized carbons (Fsp3) is 0.920. The van der Waals surface area contributed by atoms with Crippen LogP contribution in [0.4, 0.5) is 0 Å². The summed E-state index contributed by atoms with van der Waals surface area (Å²) < 4.78 is 0. The lowest BCUT2D eigenvalue weighted by atomic mass is 10.0. The van der Waals surface area contributed by atoms with Crippen molar-refractivity contribution in [1.29, 1.82) is 0 Å². The van der Waals surface area contributed by atoms with E-state index < -0.39 is 0 Å². The summed E-state index contributed by atoms with van der Waals surface area (Å²) in [7, 11) is 2.06. The SMILES string of the molecule is CCCCCCCCCCCCCCCCCCSCC(O)CN1C=CN(C)C1.I. The van der Waals surface area contributed by atoms with Crippen molar-refractivity contribution in [2.24, 2.45) is 0 Å². The molecular weight excluding hydrogens is 503 g/mol. The molecule has 1 rings (SSSR count). The molecule has 0 aliphatic carbocycles. The second-order valence-electron chi connectivity index (χ2n) is 9.00. The van der Waals surface area contributed by atoms with Crippen LogP contribution in [-0.2, 0) is 0 Å². The van der Waals surface area contributed by atoms with E-state index >= 15 is 0 Å². The molecule has 0 aromatic rings. The predicted octanol–water partition coefficient (Wildman–Crippen LogP) is 7.64. The fourth-order valence-corrected chi connectivity index (χ4v) is 4.95. The third-order valence-corrected chi connectivity index (χ3v) is 7.03. The van der Waals surface area contributed by atoms with E-state index in [1.165, 1.54) is 108 Å². The minimum absolute atomic E-state index is 0. The monoisotopic (exact) mass is 554 g/mol. The first-order valence-electron chi connectivity index (χ1n) is 12.6. The maximum Gasteiger partial charge on any atom is 0.0891 e. The number of thioether (sulfide) groups is 1. The summed E-state index contributed by atoms with van der Waals surface area (Å²) in [6.07, 6.45) is 26.7. The van der Waals surface area contributed by atoms with Gasteiger partial charge in [-0.3, -0.25) is 0 Å². The minimum Gasteiger partial charge on any atom is -0.390 e. The van der Waals surface area contributed by atoms with Crippen molar-refractivity contribution in [2.45, 2.75) is 116 Å². The van der Waals surface area contributed by atoms with Crippen molar-refractivity contribution in [2.75, 3.05) is 31.8 Å². The van der Waals surface area contributed by atoms with Gasteiger partial charge in [-0.05, 0) is 12.2 Å². The molecule has 30 heavy (non-hydrogen) atoms. The van der Waals surface area contributed by atoms with Crippen LogP contribution in [0.3, 0.4) is 0 Å². The van der Waals surface area contributed by atoms with Gasteiger partial charge in [0.1, 0.15) is 0 Å². The Morgan fingerprint density at radius 3 is 1.67 bits per heavy atom. The van der Waals surface area contributed by atoms with Gasteiger partial charge in [0.15, 0.2) is 0 Å². The van der Waals surface area contributed by atoms with E-state index in [2.05, 4.69) is 36.2 Å². The molecule has 1 heterocycles. The number of halogens is 1. The van der Waals surface area contributed by atoms with Crippen molar-refractivity contribution in [3.05, 3.63) is 12.4 Å². The molecule has 0 radical (unpaired) electrons. The lowest BCUT2D eigenvalue weighted by Crippen LogP contribution is -2.31. The van der Waals surface area contributed by atoms with Crippen molar-refractivity contribution in [3.63, 3.8) is 0 Å². The molecule has 1 N–H and O–H groups in total. The molecule has 180 valence electrons. The lowest BCUT2D eigenvalue weighted by Gasteiger charge is -2.21. The van der Waals surface area contributed by atoms with E-state index in [1.54, 1.807) is 0 Å². The molecule has 0 fully saturated rings. The quantitative estimate of drug-likeness (QED) is 0.117. The summed E-state index contributed by atoms with van der Waals surface area (Å²) in [5, 5.41) is 10.1. The average molecular weight is 555 g/mol. The van der Waals surface area contributed by atoms with Gasteiger partial charge in [-0.2, -0.15) is 11.8 Å². The lowest BCUT2D eigenvalue weighted by molar-refractivity contribution is 0.146. The number of β-amino-alcohol motifs (C(OH)–C–C–N with tert-alkyl or cyclic N) is 1. The smallest absolute Gasteiger partial charge is 0.0891 e. The third kappa shape index (κ3) is 19.1. The van der Waals surface area contributed by atoms with Crippen LogP contribution in [-0.4, -0.2) is 52.8 Å². The van der Waals surface area contributed by atoms with Crippen LogP contribution in [0.5, 0.6) is 0 Å². The van der Waals surface area contributed by atoms with Gasteiger partial charge in [-0.15, -0.1) is 24.0 Å². The summed E-state index contributed by atoms with van der Waals surface area (Å²) in [4.78, 5) is 4.32. The highest BCUT2D eigenvalue weighted by Gasteiger charge is 2.13. The Kier molecular flexibility index (Phi) is 22.9. The first-order valence-corrected chi connectivity index (χ1v) is 13.8. The standard InChI is InChI=1S/C25H50N2OS.HI/c1-3-4-5-6-7-8-9-10-11-12-13-14-15-16-17-18-21-29-23-25(28)22-27-20-19-26(2)24-27;/h19-20,25,28H,3-18,21-24H2,1-2H3;1H. The Bertz CT molecular complexity index is 384. The molecule has 1 aliphatic rings. The zero-order valence-electron chi connectivity index (χ0n) is 20.0. The van der Waals surface area contributed by atoms with Crippen LogP contribution in [0.25, 0.3) is 0 Å². The van der Waals surface area contributed by atoms with Crippen molar-refractivity contribution in [3.8, 4) is 0 Å². The number of aliphatic hydroxyl groups excluding tert-OH is 1. The number of hydrogen-bond acceptors (Lipinski definition) is 4. The van der Waals surface area contributed by atoms with Crippen LogP contribution in [0.15, 0.2) is 12.4 Å². The third-order valence-electron chi connectivity index (χ3n) is 5.83. The van der Waals surface area contributed by atoms with Crippen LogP contribution in [0.2, 0.25) is 0 Å². The maximum atomic E-state index is 10.1. The molecule has 0 saturated heterocycles. The van der Waals surface area contributed by atoms with Gasteiger partial charge in [0.05, 0.1) is 12.8 Å². The molecule has 0 bridgehead atoms. The summed E-state index contributed by atoms with van der Waals surface area (Å²) in [5.74, 6) is 2.07. The van der Waals surface area contributed by atoms with E-state index in [-0.39, 0.29) is 30.1 Å². The van der Waals surface area contributed by atoms with Gasteiger partial charge in [-0.1, -0.05) is 103 Å². The molecule has 0 saturated carbocycles. The number of hydrogen-bond donors (Lipinski definition) is 1. The zero-order valence-corrected chi connectivity index (χ0v) is 23.2. The van der Waals surface area contributed by atoms with E-state index in [1.807, 2.05) is 11.8 Å². The second kappa shape index (κ2) is 22.6. The van der Waals surface area contributed by atoms with Crippen LogP contribution in [0.1, 0.15) is 110 Å². The van der Waals surface area contributed by atoms with Crippen molar-refractivity contribution >= 4 is 35.7 Å². The molecule has 5 heteroatoms. The number of aliphatic hydroxyl groups is 1. The predicted molar refractivity (Wildman–Crippen MR) is 147 cm³/mol. The van der Waals surface area contributed by atoms with Gasteiger partial charge in [0.25, 0.3) is 0 Å². The van der Waals surface area contributed by atoms with Crippen molar-refractivity contribution < 1.29 is 5.11 Å². The Balaban J connectivity index is 0.00000841. The maximum absolute atomic E-state index is 10.1. The van der Waals surface area contributed by atoms with Gasteiger partial charge in [0.2, 0.25) is 0 Å². The van der Waals surface area contributed by atoms with Gasteiger partial charge < -0.3 is 14.9 Å². The topological polar surface area (TPSA) is 26.7 Å². The highest BCUT2D eigenvalue weighted by molar-refractivity contribution is 14.0. The van der Waals surface area contributed by atoms with Gasteiger partial charge in [-0.25, -0.2) is 0 Å². The molecule has 1 unspecified atom stereocenters. The summed E-state index contributed by atoms with van der Waals surface area (Å²) >= 11 is 1.92. The van der Waals surface area contributed by atoms with Crippen molar-refractivity contribution in [1.82, 2.24) is 9.80 Å². The fourth-order valence-electron chi connectivity index (χ4n) is 4.00. The molecular formula is C25H51IN2OS. The first kappa shape index (κ1) is 30.4. The van der Waals surface area contributed by atoms with E-state index in [9.17, 15) is 5.11 Å². The number of nitrogens with zero attached hydrogens (tertiary/aromatic N) is 2. The zero-order chi connectivity index (χ0) is 21.0. The highest BCUT2D eigenvalue weighted by atomic mass is 127. The Morgan fingerprint density at radius 1 is 0.767 bits per heavy atom. The Labute approximate surface area is 209 Å². The molecule has 0 aromatic heterocycles. The number of rotatable bonds is 21.